The fraction of sp³-hybridized carbons (Fsp3) is 0.240. The molecular formula is C25H26FN3O4S. The van der Waals surface area contributed by atoms with E-state index in [2.05, 4.69) is 14.9 Å². The van der Waals surface area contributed by atoms with E-state index in [1.165, 1.54) is 31.2 Å². The van der Waals surface area contributed by atoms with E-state index in [0.29, 0.717) is 17.8 Å². The molecule has 3 aromatic carbocycles. The van der Waals surface area contributed by atoms with Gasteiger partial charge in [0.05, 0.1) is 18.1 Å². The maximum absolute atomic E-state index is 13.4. The predicted octanol–water partition coefficient (Wildman–Crippen LogP) is 3.70. The van der Waals surface area contributed by atoms with Crippen molar-refractivity contribution in [3.05, 3.63) is 89.2 Å². The highest BCUT2D eigenvalue weighted by atomic mass is 32.2. The highest BCUT2D eigenvalue weighted by Gasteiger charge is 2.16. The van der Waals surface area contributed by atoms with Gasteiger partial charge in [0.1, 0.15) is 5.82 Å². The number of hydrogen-bond acceptors (Lipinski definition) is 5. The average molecular weight is 484 g/mol. The molecule has 34 heavy (non-hydrogen) atoms. The Hall–Kier alpha value is -3.43. The molecule has 0 radical (unpaired) electrons. The van der Waals surface area contributed by atoms with Gasteiger partial charge in [-0.05, 0) is 72.6 Å². The number of aryl methyl sites for hydroxylation is 1. The molecule has 1 aliphatic heterocycles. The summed E-state index contributed by atoms with van der Waals surface area (Å²) in [7, 11) is -3.87. The molecule has 1 amide bonds. The number of benzene rings is 3. The second-order valence-corrected chi connectivity index (χ2v) is 9.72. The van der Waals surface area contributed by atoms with Crippen molar-refractivity contribution in [2.45, 2.75) is 18.4 Å². The molecular weight excluding hydrogens is 457 g/mol. The molecule has 0 atom stereocenters. The molecule has 1 heterocycles. The third-order valence-corrected chi connectivity index (χ3v) is 6.98. The summed E-state index contributed by atoms with van der Waals surface area (Å²) in [6.07, 6.45) is 0. The number of anilines is 2. The van der Waals surface area contributed by atoms with Gasteiger partial charge in [-0.1, -0.05) is 12.1 Å². The molecule has 0 unspecified atom stereocenters. The molecule has 1 saturated heterocycles. The highest BCUT2D eigenvalue weighted by Crippen LogP contribution is 2.20. The molecule has 4 rings (SSSR count). The van der Waals surface area contributed by atoms with Crippen LogP contribution in [0, 0.1) is 12.7 Å². The summed E-state index contributed by atoms with van der Waals surface area (Å²) < 4.78 is 46.4. The van der Waals surface area contributed by atoms with Crippen LogP contribution in [0.15, 0.2) is 71.6 Å². The number of morpholine rings is 1. The Balaban J connectivity index is 1.33. The van der Waals surface area contributed by atoms with E-state index in [-0.39, 0.29) is 16.4 Å². The van der Waals surface area contributed by atoms with E-state index >= 15 is 0 Å². The molecule has 0 saturated carbocycles. The molecule has 0 spiro atoms. The van der Waals surface area contributed by atoms with Crippen LogP contribution in [0.25, 0.3) is 0 Å². The number of nitrogens with zero attached hydrogens (tertiary/aromatic N) is 1. The SMILES string of the molecule is Cc1cc(S(=O)(=O)Nc2ccc(C(=O)NCc3ccc(N4CCOCC4)cc3)cc2)ccc1F. The van der Waals surface area contributed by atoms with Crippen molar-refractivity contribution in [3.8, 4) is 0 Å². The van der Waals surface area contributed by atoms with Crippen molar-refractivity contribution in [2.75, 3.05) is 35.9 Å². The van der Waals surface area contributed by atoms with Gasteiger partial charge in [0.2, 0.25) is 0 Å². The lowest BCUT2D eigenvalue weighted by molar-refractivity contribution is 0.0951. The number of carbonyl (C=O) groups excluding carboxylic acids is 1. The first-order valence-corrected chi connectivity index (χ1v) is 12.4. The molecule has 178 valence electrons. The lowest BCUT2D eigenvalue weighted by Gasteiger charge is -2.28. The maximum Gasteiger partial charge on any atom is 0.261 e. The van der Waals surface area contributed by atoms with Crippen LogP contribution in [0.4, 0.5) is 15.8 Å². The topological polar surface area (TPSA) is 87.7 Å². The van der Waals surface area contributed by atoms with E-state index in [0.717, 1.165) is 43.6 Å². The van der Waals surface area contributed by atoms with Crippen LogP contribution in [-0.2, 0) is 21.3 Å². The number of hydrogen-bond donors (Lipinski definition) is 2. The number of carbonyl (C=O) groups is 1. The molecule has 2 N–H and O–H groups in total. The standard InChI is InChI=1S/C25H26FN3O4S/c1-18-16-23(10-11-24(18)26)34(31,32)28-21-6-4-20(5-7-21)25(30)27-17-19-2-8-22(9-3-19)29-12-14-33-15-13-29/h2-11,16,28H,12-15,17H2,1H3,(H,27,30). The normalized spacial score (nSPS) is 14.0. The van der Waals surface area contributed by atoms with Gasteiger partial charge >= 0.3 is 0 Å². The Kier molecular flexibility index (Phi) is 7.14. The van der Waals surface area contributed by atoms with Crippen LogP contribution in [0.5, 0.6) is 0 Å². The second-order valence-electron chi connectivity index (χ2n) is 8.04. The monoisotopic (exact) mass is 483 g/mol. The minimum Gasteiger partial charge on any atom is -0.378 e. The largest absolute Gasteiger partial charge is 0.378 e. The molecule has 0 aliphatic carbocycles. The zero-order valence-corrected chi connectivity index (χ0v) is 19.6. The van der Waals surface area contributed by atoms with E-state index in [9.17, 15) is 17.6 Å². The lowest BCUT2D eigenvalue weighted by atomic mass is 10.1. The molecule has 0 aromatic heterocycles. The number of ether oxygens (including phenoxy) is 1. The highest BCUT2D eigenvalue weighted by molar-refractivity contribution is 7.92. The molecule has 1 aliphatic rings. The zero-order valence-electron chi connectivity index (χ0n) is 18.8. The van der Waals surface area contributed by atoms with Crippen LogP contribution in [0.1, 0.15) is 21.5 Å². The summed E-state index contributed by atoms with van der Waals surface area (Å²) in [5, 5.41) is 2.87. The third-order valence-electron chi connectivity index (χ3n) is 5.60. The molecule has 0 bridgehead atoms. The van der Waals surface area contributed by atoms with Crippen LogP contribution in [0.3, 0.4) is 0 Å². The summed E-state index contributed by atoms with van der Waals surface area (Å²) in [6.45, 7) is 5.06. The molecule has 7 nitrogen and oxygen atoms in total. The number of sulfonamides is 1. The Bertz CT molecular complexity index is 1260. The van der Waals surface area contributed by atoms with Gasteiger partial charge in [0.15, 0.2) is 0 Å². The first-order valence-electron chi connectivity index (χ1n) is 10.9. The quantitative estimate of drug-likeness (QED) is 0.535. The first-order chi connectivity index (χ1) is 16.3. The van der Waals surface area contributed by atoms with Gasteiger partial charge < -0.3 is 15.0 Å². The summed E-state index contributed by atoms with van der Waals surface area (Å²) in [6, 6.07) is 17.8. The van der Waals surface area contributed by atoms with Gasteiger partial charge in [-0.15, -0.1) is 0 Å². The third kappa shape index (κ3) is 5.73. The average Bonchev–Trinajstić information content (AvgIpc) is 2.85. The minimum absolute atomic E-state index is 0.0344. The van der Waals surface area contributed by atoms with Gasteiger partial charge in [-0.25, -0.2) is 12.8 Å². The fourth-order valence-electron chi connectivity index (χ4n) is 3.62. The van der Waals surface area contributed by atoms with Gasteiger partial charge in [0, 0.05) is 36.6 Å². The van der Waals surface area contributed by atoms with E-state index in [4.69, 9.17) is 4.74 Å². The Morgan fingerprint density at radius 3 is 2.32 bits per heavy atom. The second kappa shape index (κ2) is 10.2. The van der Waals surface area contributed by atoms with Crippen LogP contribution >= 0.6 is 0 Å². The molecule has 9 heteroatoms. The van der Waals surface area contributed by atoms with Crippen molar-refractivity contribution in [1.29, 1.82) is 0 Å². The maximum atomic E-state index is 13.4. The molecule has 1 fully saturated rings. The van der Waals surface area contributed by atoms with Crippen molar-refractivity contribution in [2.24, 2.45) is 0 Å². The van der Waals surface area contributed by atoms with Crippen molar-refractivity contribution >= 4 is 27.3 Å². The number of amides is 1. The summed E-state index contributed by atoms with van der Waals surface area (Å²) in [5.41, 5.74) is 3.06. The smallest absolute Gasteiger partial charge is 0.261 e. The van der Waals surface area contributed by atoms with Crippen LogP contribution in [0.2, 0.25) is 0 Å². The Morgan fingerprint density at radius 1 is 1.00 bits per heavy atom. The number of halogens is 1. The number of nitrogens with one attached hydrogen (secondary N) is 2. The summed E-state index contributed by atoms with van der Waals surface area (Å²) >= 11 is 0. The van der Waals surface area contributed by atoms with Crippen molar-refractivity contribution in [1.82, 2.24) is 5.32 Å². The van der Waals surface area contributed by atoms with E-state index in [1.807, 2.05) is 24.3 Å². The first kappa shape index (κ1) is 23.7. The van der Waals surface area contributed by atoms with Crippen molar-refractivity contribution in [3.63, 3.8) is 0 Å². The van der Waals surface area contributed by atoms with Crippen molar-refractivity contribution < 1.29 is 22.3 Å². The van der Waals surface area contributed by atoms with Gasteiger partial charge in [-0.3, -0.25) is 9.52 Å². The van der Waals surface area contributed by atoms with E-state index in [1.54, 1.807) is 12.1 Å². The summed E-state index contributed by atoms with van der Waals surface area (Å²) in [4.78, 5) is 14.7. The Labute approximate surface area is 198 Å². The predicted molar refractivity (Wildman–Crippen MR) is 129 cm³/mol. The van der Waals surface area contributed by atoms with Gasteiger partial charge in [0.25, 0.3) is 15.9 Å². The summed E-state index contributed by atoms with van der Waals surface area (Å²) in [5.74, 6) is -0.733. The zero-order chi connectivity index (χ0) is 24.1. The lowest BCUT2D eigenvalue weighted by Crippen LogP contribution is -2.36. The minimum atomic E-state index is -3.87. The van der Waals surface area contributed by atoms with E-state index < -0.39 is 15.8 Å². The van der Waals surface area contributed by atoms with Gasteiger partial charge in [-0.2, -0.15) is 0 Å². The van der Waals surface area contributed by atoms with Crippen LogP contribution < -0.4 is 14.9 Å². The number of rotatable bonds is 7. The van der Waals surface area contributed by atoms with Crippen LogP contribution in [-0.4, -0.2) is 40.6 Å². The molecule has 3 aromatic rings. The fourth-order valence-corrected chi connectivity index (χ4v) is 4.76. The Morgan fingerprint density at radius 2 is 1.68 bits per heavy atom.